The number of carbonyl (C=O) groups excluding carboxylic acids is 1. The van der Waals surface area contributed by atoms with E-state index in [1.54, 1.807) is 7.11 Å². The van der Waals surface area contributed by atoms with Crippen molar-refractivity contribution in [3.8, 4) is 0 Å². The molecule has 5 heteroatoms. The third-order valence-corrected chi connectivity index (χ3v) is 3.13. The maximum atomic E-state index is 12.2. The zero-order chi connectivity index (χ0) is 12.0. The second-order valence-electron chi connectivity index (χ2n) is 5.07. The van der Waals surface area contributed by atoms with E-state index in [0.717, 1.165) is 32.5 Å². The fourth-order valence-electron chi connectivity index (χ4n) is 2.10. The number of carbonyl (C=O) groups is 1. The van der Waals surface area contributed by atoms with E-state index < -0.39 is 0 Å². The molecule has 1 aliphatic heterocycles. The number of hydrogen-bond acceptors (Lipinski definition) is 3. The molecule has 1 rings (SSSR count). The maximum absolute atomic E-state index is 12.2. The van der Waals surface area contributed by atoms with Crippen LogP contribution in [0.5, 0.6) is 0 Å². The van der Waals surface area contributed by atoms with Crippen molar-refractivity contribution in [2.75, 3.05) is 33.4 Å². The summed E-state index contributed by atoms with van der Waals surface area (Å²) in [6.07, 6.45) is 1.73. The quantitative estimate of drug-likeness (QED) is 0.785. The SMILES string of the molecule is COCC1(C(=O)NCC(C)C)CCNCC1.Cl. The minimum absolute atomic E-state index is 0. The van der Waals surface area contributed by atoms with E-state index in [9.17, 15) is 4.79 Å². The highest BCUT2D eigenvalue weighted by Gasteiger charge is 2.39. The Morgan fingerprint density at radius 3 is 2.47 bits per heavy atom. The summed E-state index contributed by atoms with van der Waals surface area (Å²) in [5.74, 6) is 0.648. The van der Waals surface area contributed by atoms with Crippen molar-refractivity contribution < 1.29 is 9.53 Å². The Bertz CT molecular complexity index is 223. The van der Waals surface area contributed by atoms with E-state index >= 15 is 0 Å². The van der Waals surface area contributed by atoms with Crippen LogP contribution in [0.4, 0.5) is 0 Å². The molecule has 1 aliphatic rings. The van der Waals surface area contributed by atoms with Gasteiger partial charge in [-0.25, -0.2) is 0 Å². The molecule has 0 aromatic rings. The molecule has 1 fully saturated rings. The van der Waals surface area contributed by atoms with Crippen LogP contribution >= 0.6 is 12.4 Å². The Kier molecular flexibility index (Phi) is 7.75. The normalized spacial score (nSPS) is 18.6. The zero-order valence-corrected chi connectivity index (χ0v) is 11.9. The monoisotopic (exact) mass is 264 g/mol. The summed E-state index contributed by atoms with van der Waals surface area (Å²) >= 11 is 0. The standard InChI is InChI=1S/C12H24N2O2.ClH/c1-10(2)8-14-11(15)12(9-16-3)4-6-13-7-5-12;/h10,13H,4-9H2,1-3H3,(H,14,15);1H. The van der Waals surface area contributed by atoms with E-state index in [0.29, 0.717) is 12.5 Å². The molecule has 102 valence electrons. The molecule has 0 unspecified atom stereocenters. The number of nitrogens with one attached hydrogen (secondary N) is 2. The van der Waals surface area contributed by atoms with Gasteiger partial charge in [0.2, 0.25) is 5.91 Å². The molecule has 0 aromatic heterocycles. The number of rotatable bonds is 5. The van der Waals surface area contributed by atoms with Crippen molar-refractivity contribution in [2.45, 2.75) is 26.7 Å². The lowest BCUT2D eigenvalue weighted by molar-refractivity contribution is -0.136. The van der Waals surface area contributed by atoms with Gasteiger partial charge in [0.05, 0.1) is 12.0 Å². The molecular formula is C12H25ClN2O2. The van der Waals surface area contributed by atoms with Crippen LogP contribution < -0.4 is 10.6 Å². The van der Waals surface area contributed by atoms with Gasteiger partial charge in [-0.2, -0.15) is 0 Å². The topological polar surface area (TPSA) is 50.4 Å². The Morgan fingerprint density at radius 1 is 1.41 bits per heavy atom. The van der Waals surface area contributed by atoms with Crippen LogP contribution in [0.15, 0.2) is 0 Å². The maximum Gasteiger partial charge on any atom is 0.228 e. The highest BCUT2D eigenvalue weighted by atomic mass is 35.5. The van der Waals surface area contributed by atoms with Gasteiger partial charge >= 0.3 is 0 Å². The van der Waals surface area contributed by atoms with Crippen molar-refractivity contribution in [3.63, 3.8) is 0 Å². The van der Waals surface area contributed by atoms with Crippen molar-refractivity contribution in [3.05, 3.63) is 0 Å². The average molecular weight is 265 g/mol. The number of halogens is 1. The number of amides is 1. The van der Waals surface area contributed by atoms with Crippen LogP contribution in [-0.4, -0.2) is 39.3 Å². The number of hydrogen-bond donors (Lipinski definition) is 2. The van der Waals surface area contributed by atoms with Crippen molar-refractivity contribution >= 4 is 18.3 Å². The summed E-state index contributed by atoms with van der Waals surface area (Å²) in [4.78, 5) is 12.2. The van der Waals surface area contributed by atoms with Crippen molar-refractivity contribution in [2.24, 2.45) is 11.3 Å². The van der Waals surface area contributed by atoms with Crippen molar-refractivity contribution in [1.29, 1.82) is 0 Å². The summed E-state index contributed by atoms with van der Waals surface area (Å²) in [5.41, 5.74) is -0.311. The Balaban J connectivity index is 0.00000256. The first-order valence-electron chi connectivity index (χ1n) is 6.09. The molecule has 4 nitrogen and oxygen atoms in total. The lowest BCUT2D eigenvalue weighted by Crippen LogP contribution is -2.50. The van der Waals surface area contributed by atoms with Crippen LogP contribution in [-0.2, 0) is 9.53 Å². The number of methoxy groups -OCH3 is 1. The number of piperidine rings is 1. The highest BCUT2D eigenvalue weighted by molar-refractivity contribution is 5.85. The molecule has 1 saturated heterocycles. The van der Waals surface area contributed by atoms with Gasteiger partial charge in [0.25, 0.3) is 0 Å². The third kappa shape index (κ3) is 4.82. The predicted molar refractivity (Wildman–Crippen MR) is 71.5 cm³/mol. The molecule has 0 aliphatic carbocycles. The molecule has 2 N–H and O–H groups in total. The lowest BCUT2D eigenvalue weighted by Gasteiger charge is -2.35. The predicted octanol–water partition coefficient (Wildman–Crippen LogP) is 1.20. The molecule has 0 saturated carbocycles. The van der Waals surface area contributed by atoms with Gasteiger partial charge in [-0.3, -0.25) is 4.79 Å². The summed E-state index contributed by atoms with van der Waals surface area (Å²) < 4.78 is 5.22. The van der Waals surface area contributed by atoms with Gasteiger partial charge < -0.3 is 15.4 Å². The van der Waals surface area contributed by atoms with Gasteiger partial charge in [0, 0.05) is 13.7 Å². The van der Waals surface area contributed by atoms with Gasteiger partial charge in [-0.15, -0.1) is 12.4 Å². The summed E-state index contributed by atoms with van der Waals surface area (Å²) in [6, 6.07) is 0. The average Bonchev–Trinajstić information content (AvgIpc) is 2.27. The first-order valence-corrected chi connectivity index (χ1v) is 6.09. The summed E-state index contributed by atoms with van der Waals surface area (Å²) in [5, 5.41) is 6.31. The molecule has 0 radical (unpaired) electrons. The van der Waals surface area contributed by atoms with Crippen LogP contribution in [0.3, 0.4) is 0 Å². The molecule has 0 bridgehead atoms. The van der Waals surface area contributed by atoms with Crippen molar-refractivity contribution in [1.82, 2.24) is 10.6 Å². The summed E-state index contributed by atoms with van der Waals surface area (Å²) in [7, 11) is 1.67. The fraction of sp³-hybridized carbons (Fsp3) is 0.917. The molecule has 1 amide bonds. The van der Waals surface area contributed by atoms with Gasteiger partial charge in [0.15, 0.2) is 0 Å². The van der Waals surface area contributed by atoms with Crippen LogP contribution in [0, 0.1) is 11.3 Å². The van der Waals surface area contributed by atoms with E-state index in [2.05, 4.69) is 24.5 Å². The van der Waals surface area contributed by atoms with E-state index in [1.807, 2.05) is 0 Å². The van der Waals surface area contributed by atoms with E-state index in [1.165, 1.54) is 0 Å². The lowest BCUT2D eigenvalue weighted by atomic mass is 9.78. The molecule has 0 atom stereocenters. The van der Waals surface area contributed by atoms with E-state index in [4.69, 9.17) is 4.74 Å². The van der Waals surface area contributed by atoms with Crippen LogP contribution in [0.1, 0.15) is 26.7 Å². The molecule has 17 heavy (non-hydrogen) atoms. The number of ether oxygens (including phenoxy) is 1. The molecule has 1 heterocycles. The second kappa shape index (κ2) is 7.90. The molecule has 0 spiro atoms. The van der Waals surface area contributed by atoms with Gasteiger partial charge in [-0.05, 0) is 31.8 Å². The molecule has 0 aromatic carbocycles. The first kappa shape index (κ1) is 16.7. The minimum Gasteiger partial charge on any atom is -0.384 e. The fourth-order valence-corrected chi connectivity index (χ4v) is 2.10. The zero-order valence-electron chi connectivity index (χ0n) is 11.0. The third-order valence-electron chi connectivity index (χ3n) is 3.13. The Morgan fingerprint density at radius 2 is 2.00 bits per heavy atom. The summed E-state index contributed by atoms with van der Waals surface area (Å²) in [6.45, 7) is 7.28. The smallest absolute Gasteiger partial charge is 0.228 e. The second-order valence-corrected chi connectivity index (χ2v) is 5.07. The van der Waals surface area contributed by atoms with E-state index in [-0.39, 0.29) is 23.7 Å². The minimum atomic E-state index is -0.311. The van der Waals surface area contributed by atoms with Gasteiger partial charge in [0.1, 0.15) is 0 Å². The largest absolute Gasteiger partial charge is 0.384 e. The van der Waals surface area contributed by atoms with Crippen LogP contribution in [0.25, 0.3) is 0 Å². The Labute approximate surface area is 110 Å². The Hall–Kier alpha value is -0.320. The highest BCUT2D eigenvalue weighted by Crippen LogP contribution is 2.29. The molecular weight excluding hydrogens is 240 g/mol. The first-order chi connectivity index (χ1) is 7.60. The van der Waals surface area contributed by atoms with Gasteiger partial charge in [-0.1, -0.05) is 13.8 Å². The van der Waals surface area contributed by atoms with Crippen LogP contribution in [0.2, 0.25) is 0 Å².